The summed E-state index contributed by atoms with van der Waals surface area (Å²) in [5.74, 6) is 0.460. The van der Waals surface area contributed by atoms with E-state index in [0.29, 0.717) is 35.5 Å². The van der Waals surface area contributed by atoms with Gasteiger partial charge < -0.3 is 19.7 Å². The van der Waals surface area contributed by atoms with Crippen LogP contribution in [0.15, 0.2) is 42.5 Å². The van der Waals surface area contributed by atoms with Crippen LogP contribution in [0.25, 0.3) is 0 Å². The Hall–Kier alpha value is -2.53. The van der Waals surface area contributed by atoms with E-state index in [0.717, 1.165) is 0 Å². The number of rotatable bonds is 7. The molecule has 0 fully saturated rings. The molecule has 0 amide bonds. The number of aliphatic hydroxyl groups is 1. The third-order valence-corrected chi connectivity index (χ3v) is 3.30. The molecule has 0 saturated carbocycles. The van der Waals surface area contributed by atoms with Crippen LogP contribution in [0, 0.1) is 0 Å². The first kappa shape index (κ1) is 16.8. The fourth-order valence-electron chi connectivity index (χ4n) is 2.21. The molecule has 0 atom stereocenters. The summed E-state index contributed by atoms with van der Waals surface area (Å²) in [6, 6.07) is 11.7. The average Bonchev–Trinajstić information content (AvgIpc) is 2.55. The second-order valence-electron chi connectivity index (χ2n) is 4.90. The summed E-state index contributed by atoms with van der Waals surface area (Å²) in [7, 11) is 0. The maximum absolute atomic E-state index is 12.0. The fraction of sp³-hybridized carbons (Fsp3) is 0.278. The lowest BCUT2D eigenvalue weighted by atomic mass is 10.1. The summed E-state index contributed by atoms with van der Waals surface area (Å²) in [6.07, 6.45) is 0.980. The molecule has 2 aromatic carbocycles. The normalized spacial score (nSPS) is 10.3. The lowest BCUT2D eigenvalue weighted by Gasteiger charge is -2.14. The smallest absolute Gasteiger partial charge is 0.341 e. The van der Waals surface area contributed by atoms with E-state index in [4.69, 9.17) is 14.6 Å². The number of carbonyl (C=O) groups is 1. The Bertz CT molecular complexity index is 666. The minimum Gasteiger partial charge on any atom is -0.508 e. The predicted octanol–water partition coefficient (Wildman–Crippen LogP) is 3.29. The minimum atomic E-state index is -0.458. The number of hydrogen-bond donors (Lipinski definition) is 2. The number of hydrogen-bond acceptors (Lipinski definition) is 5. The zero-order chi connectivity index (χ0) is 16.7. The van der Waals surface area contributed by atoms with E-state index < -0.39 is 5.97 Å². The van der Waals surface area contributed by atoms with Gasteiger partial charge in [-0.2, -0.15) is 0 Å². The van der Waals surface area contributed by atoms with Gasteiger partial charge in [0.05, 0.1) is 6.61 Å². The Morgan fingerprint density at radius 1 is 1.09 bits per heavy atom. The zero-order valence-corrected chi connectivity index (χ0v) is 13.0. The quantitative estimate of drug-likeness (QED) is 0.767. The zero-order valence-electron chi connectivity index (χ0n) is 13.0. The molecule has 0 aliphatic carbocycles. The molecule has 0 aliphatic heterocycles. The molecular formula is C18H20O5. The van der Waals surface area contributed by atoms with Crippen LogP contribution >= 0.6 is 0 Å². The van der Waals surface area contributed by atoms with Crippen LogP contribution in [0.3, 0.4) is 0 Å². The summed E-state index contributed by atoms with van der Waals surface area (Å²) in [4.78, 5) is 12.0. The highest BCUT2D eigenvalue weighted by Gasteiger charge is 2.16. The number of esters is 1. The van der Waals surface area contributed by atoms with Gasteiger partial charge in [-0.1, -0.05) is 18.2 Å². The van der Waals surface area contributed by atoms with Crippen LogP contribution < -0.4 is 4.74 Å². The molecule has 23 heavy (non-hydrogen) atoms. The Balaban J connectivity index is 2.33. The van der Waals surface area contributed by atoms with Crippen molar-refractivity contribution in [2.24, 2.45) is 0 Å². The van der Waals surface area contributed by atoms with Crippen molar-refractivity contribution in [2.45, 2.75) is 19.8 Å². The van der Waals surface area contributed by atoms with Gasteiger partial charge in [0.2, 0.25) is 0 Å². The first-order chi connectivity index (χ1) is 11.2. The lowest BCUT2D eigenvalue weighted by molar-refractivity contribution is 0.0523. The highest BCUT2D eigenvalue weighted by molar-refractivity contribution is 5.92. The van der Waals surface area contributed by atoms with E-state index in [2.05, 4.69) is 0 Å². The summed E-state index contributed by atoms with van der Waals surface area (Å²) < 4.78 is 10.9. The SMILES string of the molecule is CCOC(=O)c1ccccc1Oc1cccc(O)c1CCCO. The number of ether oxygens (including phenoxy) is 2. The molecule has 5 nitrogen and oxygen atoms in total. The number of aromatic hydroxyl groups is 1. The van der Waals surface area contributed by atoms with Crippen molar-refractivity contribution >= 4 is 5.97 Å². The van der Waals surface area contributed by atoms with Gasteiger partial charge in [-0.3, -0.25) is 0 Å². The van der Waals surface area contributed by atoms with Crippen LogP contribution in [-0.4, -0.2) is 29.4 Å². The Kier molecular flexibility index (Phi) is 6.00. The Morgan fingerprint density at radius 2 is 1.83 bits per heavy atom. The average molecular weight is 316 g/mol. The molecule has 0 aromatic heterocycles. The number of aliphatic hydroxyl groups excluding tert-OH is 1. The predicted molar refractivity (Wildman–Crippen MR) is 86.0 cm³/mol. The van der Waals surface area contributed by atoms with Gasteiger partial charge in [-0.25, -0.2) is 4.79 Å². The van der Waals surface area contributed by atoms with Crippen molar-refractivity contribution in [1.82, 2.24) is 0 Å². The molecule has 0 saturated heterocycles. The number of phenolic OH excluding ortho intramolecular Hbond substituents is 1. The largest absolute Gasteiger partial charge is 0.508 e. The van der Waals surface area contributed by atoms with E-state index in [1.807, 2.05) is 0 Å². The third kappa shape index (κ3) is 4.23. The van der Waals surface area contributed by atoms with Crippen LogP contribution in [0.1, 0.15) is 29.3 Å². The number of para-hydroxylation sites is 1. The Morgan fingerprint density at radius 3 is 2.57 bits per heavy atom. The van der Waals surface area contributed by atoms with Crippen LogP contribution in [-0.2, 0) is 11.2 Å². The van der Waals surface area contributed by atoms with E-state index >= 15 is 0 Å². The van der Waals surface area contributed by atoms with E-state index in [1.165, 1.54) is 0 Å². The van der Waals surface area contributed by atoms with E-state index in [-0.39, 0.29) is 19.0 Å². The molecular weight excluding hydrogens is 296 g/mol. The second-order valence-corrected chi connectivity index (χ2v) is 4.90. The standard InChI is InChI=1S/C18H20O5/c1-2-22-18(21)14-7-3-4-10-17(14)23-16-11-5-9-15(20)13(16)8-6-12-19/h3-5,7,9-11,19-20H,2,6,8,12H2,1H3. The molecule has 0 unspecified atom stereocenters. The fourth-order valence-corrected chi connectivity index (χ4v) is 2.21. The van der Waals surface area contributed by atoms with E-state index in [1.54, 1.807) is 49.4 Å². The molecule has 0 bridgehead atoms. The van der Waals surface area contributed by atoms with Crippen LogP contribution in [0.2, 0.25) is 0 Å². The summed E-state index contributed by atoms with van der Waals surface area (Å²) in [6.45, 7) is 2.04. The van der Waals surface area contributed by atoms with Gasteiger partial charge in [-0.05, 0) is 44.0 Å². The first-order valence-corrected chi connectivity index (χ1v) is 7.53. The monoisotopic (exact) mass is 316 g/mol. The topological polar surface area (TPSA) is 76.0 Å². The molecule has 0 radical (unpaired) electrons. The second kappa shape index (κ2) is 8.19. The molecule has 0 spiro atoms. The molecule has 2 rings (SSSR count). The lowest BCUT2D eigenvalue weighted by Crippen LogP contribution is -2.06. The van der Waals surface area contributed by atoms with Crippen LogP contribution in [0.5, 0.6) is 17.2 Å². The van der Waals surface area contributed by atoms with Crippen molar-refractivity contribution < 1.29 is 24.5 Å². The molecule has 5 heteroatoms. The van der Waals surface area contributed by atoms with Crippen molar-refractivity contribution in [3.05, 3.63) is 53.6 Å². The number of phenols is 1. The summed E-state index contributed by atoms with van der Waals surface area (Å²) in [5, 5.41) is 19.0. The van der Waals surface area contributed by atoms with Gasteiger partial charge in [0.15, 0.2) is 0 Å². The van der Waals surface area contributed by atoms with Crippen molar-refractivity contribution in [2.75, 3.05) is 13.2 Å². The van der Waals surface area contributed by atoms with Gasteiger partial charge in [0.1, 0.15) is 22.8 Å². The van der Waals surface area contributed by atoms with Gasteiger partial charge >= 0.3 is 5.97 Å². The summed E-state index contributed by atoms with van der Waals surface area (Å²) in [5.41, 5.74) is 0.922. The molecule has 0 aliphatic rings. The van der Waals surface area contributed by atoms with Crippen molar-refractivity contribution in [3.8, 4) is 17.2 Å². The van der Waals surface area contributed by atoms with Gasteiger partial charge in [0, 0.05) is 12.2 Å². The minimum absolute atomic E-state index is 0.0210. The van der Waals surface area contributed by atoms with Gasteiger partial charge in [-0.15, -0.1) is 0 Å². The highest BCUT2D eigenvalue weighted by Crippen LogP contribution is 2.33. The first-order valence-electron chi connectivity index (χ1n) is 7.53. The molecule has 2 N–H and O–H groups in total. The molecule has 122 valence electrons. The highest BCUT2D eigenvalue weighted by atomic mass is 16.5. The van der Waals surface area contributed by atoms with E-state index in [9.17, 15) is 9.90 Å². The summed E-state index contributed by atoms with van der Waals surface area (Å²) >= 11 is 0. The Labute approximate surface area is 135 Å². The van der Waals surface area contributed by atoms with Crippen molar-refractivity contribution in [3.63, 3.8) is 0 Å². The number of benzene rings is 2. The van der Waals surface area contributed by atoms with Crippen LogP contribution in [0.4, 0.5) is 0 Å². The maximum Gasteiger partial charge on any atom is 0.341 e. The van der Waals surface area contributed by atoms with Crippen molar-refractivity contribution in [1.29, 1.82) is 0 Å². The third-order valence-electron chi connectivity index (χ3n) is 3.30. The van der Waals surface area contributed by atoms with Gasteiger partial charge in [0.25, 0.3) is 0 Å². The molecule has 0 heterocycles. The maximum atomic E-state index is 12.0. The number of carbonyl (C=O) groups excluding carboxylic acids is 1. The molecule has 2 aromatic rings.